The standard InChI is InChI=1S/C12H18BrN3/c1-10-8-11(13)12(14-9-10)16-5-3-4-15(2)6-7-16/h8-9H,3-7H2,1-2H3. The SMILES string of the molecule is Cc1cnc(N2CCCN(C)CC2)c(Br)c1. The molecule has 0 aromatic carbocycles. The zero-order chi connectivity index (χ0) is 11.5. The summed E-state index contributed by atoms with van der Waals surface area (Å²) in [6, 6.07) is 2.14. The van der Waals surface area contributed by atoms with Crippen molar-refractivity contribution in [2.45, 2.75) is 13.3 Å². The summed E-state index contributed by atoms with van der Waals surface area (Å²) in [4.78, 5) is 9.27. The third kappa shape index (κ3) is 2.74. The Morgan fingerprint density at radius 3 is 2.81 bits per heavy atom. The first-order valence-electron chi connectivity index (χ1n) is 5.72. The first kappa shape index (κ1) is 11.9. The number of pyridine rings is 1. The van der Waals surface area contributed by atoms with Crippen molar-refractivity contribution in [3.05, 3.63) is 22.3 Å². The molecule has 1 aliphatic rings. The summed E-state index contributed by atoms with van der Waals surface area (Å²) in [7, 11) is 2.18. The predicted molar refractivity (Wildman–Crippen MR) is 71.0 cm³/mol. The fourth-order valence-corrected chi connectivity index (χ4v) is 2.73. The van der Waals surface area contributed by atoms with Gasteiger partial charge in [0.25, 0.3) is 0 Å². The number of nitrogens with zero attached hydrogens (tertiary/aromatic N) is 3. The molecular weight excluding hydrogens is 266 g/mol. The van der Waals surface area contributed by atoms with Gasteiger partial charge in [-0.3, -0.25) is 0 Å². The molecule has 0 radical (unpaired) electrons. The largest absolute Gasteiger partial charge is 0.354 e. The van der Waals surface area contributed by atoms with Crippen LogP contribution in [0.25, 0.3) is 0 Å². The second-order valence-electron chi connectivity index (χ2n) is 4.46. The van der Waals surface area contributed by atoms with Gasteiger partial charge in [-0.25, -0.2) is 4.98 Å². The van der Waals surface area contributed by atoms with Crippen molar-refractivity contribution in [3.8, 4) is 0 Å². The van der Waals surface area contributed by atoms with Crippen LogP contribution in [0.2, 0.25) is 0 Å². The Bertz CT molecular complexity index is 367. The normalized spacial score (nSPS) is 18.6. The Kier molecular flexibility index (Phi) is 3.82. The molecule has 1 saturated heterocycles. The van der Waals surface area contributed by atoms with E-state index in [1.807, 2.05) is 6.20 Å². The van der Waals surface area contributed by atoms with Crippen LogP contribution in [0.4, 0.5) is 5.82 Å². The fourth-order valence-electron chi connectivity index (χ4n) is 2.02. The Hall–Kier alpha value is -0.610. The van der Waals surface area contributed by atoms with E-state index in [9.17, 15) is 0 Å². The highest BCUT2D eigenvalue weighted by Gasteiger charge is 2.15. The van der Waals surface area contributed by atoms with Crippen LogP contribution in [-0.2, 0) is 0 Å². The fraction of sp³-hybridized carbons (Fsp3) is 0.583. The molecule has 0 bridgehead atoms. The molecule has 3 nitrogen and oxygen atoms in total. The van der Waals surface area contributed by atoms with Gasteiger partial charge < -0.3 is 9.80 Å². The summed E-state index contributed by atoms with van der Waals surface area (Å²) in [5.74, 6) is 1.08. The summed E-state index contributed by atoms with van der Waals surface area (Å²) in [5, 5.41) is 0. The third-order valence-corrected chi connectivity index (χ3v) is 3.56. The van der Waals surface area contributed by atoms with Crippen molar-refractivity contribution >= 4 is 21.7 Å². The first-order valence-corrected chi connectivity index (χ1v) is 6.52. The molecule has 1 aliphatic heterocycles. The molecule has 0 N–H and O–H groups in total. The van der Waals surface area contributed by atoms with Crippen molar-refractivity contribution in [3.63, 3.8) is 0 Å². The molecule has 0 atom stereocenters. The minimum atomic E-state index is 1.06. The van der Waals surface area contributed by atoms with Gasteiger partial charge in [0.2, 0.25) is 0 Å². The maximum absolute atomic E-state index is 4.53. The van der Waals surface area contributed by atoms with Gasteiger partial charge in [0, 0.05) is 25.8 Å². The van der Waals surface area contributed by atoms with E-state index in [1.165, 1.54) is 18.5 Å². The van der Waals surface area contributed by atoms with E-state index in [2.05, 4.69) is 50.8 Å². The summed E-state index contributed by atoms with van der Waals surface area (Å²) in [6.07, 6.45) is 3.15. The number of anilines is 1. The Morgan fingerprint density at radius 2 is 2.06 bits per heavy atom. The van der Waals surface area contributed by atoms with Gasteiger partial charge in [-0.15, -0.1) is 0 Å². The lowest BCUT2D eigenvalue weighted by Crippen LogP contribution is -2.29. The van der Waals surface area contributed by atoms with Gasteiger partial charge in [-0.2, -0.15) is 0 Å². The van der Waals surface area contributed by atoms with E-state index in [1.54, 1.807) is 0 Å². The molecule has 0 saturated carbocycles. The summed E-state index contributed by atoms with van der Waals surface area (Å²) < 4.78 is 1.11. The highest BCUT2D eigenvalue weighted by Crippen LogP contribution is 2.25. The smallest absolute Gasteiger partial charge is 0.142 e. The monoisotopic (exact) mass is 283 g/mol. The first-order chi connectivity index (χ1) is 7.66. The van der Waals surface area contributed by atoms with Crippen molar-refractivity contribution in [2.75, 3.05) is 38.1 Å². The highest BCUT2D eigenvalue weighted by atomic mass is 79.9. The minimum absolute atomic E-state index is 1.06. The number of aromatic nitrogens is 1. The van der Waals surface area contributed by atoms with Gasteiger partial charge in [0.05, 0.1) is 4.47 Å². The Labute approximate surface area is 106 Å². The average molecular weight is 284 g/mol. The van der Waals surface area contributed by atoms with Crippen molar-refractivity contribution in [2.24, 2.45) is 0 Å². The lowest BCUT2D eigenvalue weighted by Gasteiger charge is -2.22. The number of aryl methyl sites for hydroxylation is 1. The number of likely N-dealkylation sites (N-methyl/N-ethyl adjacent to an activating group) is 1. The topological polar surface area (TPSA) is 19.4 Å². The van der Waals surface area contributed by atoms with Crippen LogP contribution in [0, 0.1) is 6.92 Å². The highest BCUT2D eigenvalue weighted by molar-refractivity contribution is 9.10. The van der Waals surface area contributed by atoms with Gasteiger partial charge in [0.1, 0.15) is 5.82 Å². The van der Waals surface area contributed by atoms with Gasteiger partial charge in [-0.1, -0.05) is 0 Å². The molecular formula is C12H18BrN3. The van der Waals surface area contributed by atoms with Crippen LogP contribution in [0.5, 0.6) is 0 Å². The molecule has 0 amide bonds. The lowest BCUT2D eigenvalue weighted by atomic mass is 10.3. The third-order valence-electron chi connectivity index (χ3n) is 2.98. The number of hydrogen-bond donors (Lipinski definition) is 0. The van der Waals surface area contributed by atoms with E-state index >= 15 is 0 Å². The molecule has 1 fully saturated rings. The molecule has 88 valence electrons. The summed E-state index contributed by atoms with van der Waals surface area (Å²) >= 11 is 3.61. The molecule has 2 rings (SSSR count). The van der Waals surface area contributed by atoms with Crippen molar-refractivity contribution in [1.82, 2.24) is 9.88 Å². The quantitative estimate of drug-likeness (QED) is 0.789. The van der Waals surface area contributed by atoms with Crippen LogP contribution in [-0.4, -0.2) is 43.1 Å². The Balaban J connectivity index is 2.16. The van der Waals surface area contributed by atoms with Crippen molar-refractivity contribution in [1.29, 1.82) is 0 Å². The van der Waals surface area contributed by atoms with Crippen LogP contribution >= 0.6 is 15.9 Å². The second kappa shape index (κ2) is 5.15. The summed E-state index contributed by atoms with van der Waals surface area (Å²) in [5.41, 5.74) is 1.20. The molecule has 1 aromatic heterocycles. The van der Waals surface area contributed by atoms with Crippen LogP contribution in [0.1, 0.15) is 12.0 Å². The average Bonchev–Trinajstić information content (AvgIpc) is 2.43. The van der Waals surface area contributed by atoms with Gasteiger partial charge in [-0.05, 0) is 54.5 Å². The Morgan fingerprint density at radius 1 is 1.25 bits per heavy atom. The molecule has 16 heavy (non-hydrogen) atoms. The molecule has 0 unspecified atom stereocenters. The van der Waals surface area contributed by atoms with Crippen LogP contribution in [0.3, 0.4) is 0 Å². The van der Waals surface area contributed by atoms with E-state index in [4.69, 9.17) is 0 Å². The maximum Gasteiger partial charge on any atom is 0.142 e. The minimum Gasteiger partial charge on any atom is -0.354 e. The molecule has 2 heterocycles. The summed E-state index contributed by atoms with van der Waals surface area (Å²) in [6.45, 7) is 6.52. The second-order valence-corrected chi connectivity index (χ2v) is 5.32. The van der Waals surface area contributed by atoms with E-state index in [0.717, 1.165) is 29.9 Å². The van der Waals surface area contributed by atoms with Crippen LogP contribution in [0.15, 0.2) is 16.7 Å². The number of rotatable bonds is 1. The zero-order valence-corrected chi connectivity index (χ0v) is 11.5. The molecule has 0 spiro atoms. The number of halogens is 1. The van der Waals surface area contributed by atoms with E-state index in [-0.39, 0.29) is 0 Å². The van der Waals surface area contributed by atoms with E-state index in [0.29, 0.717) is 0 Å². The molecule has 4 heteroatoms. The van der Waals surface area contributed by atoms with Gasteiger partial charge in [0.15, 0.2) is 0 Å². The van der Waals surface area contributed by atoms with Gasteiger partial charge >= 0.3 is 0 Å². The lowest BCUT2D eigenvalue weighted by molar-refractivity contribution is 0.360. The molecule has 0 aliphatic carbocycles. The van der Waals surface area contributed by atoms with E-state index < -0.39 is 0 Å². The van der Waals surface area contributed by atoms with Crippen LogP contribution < -0.4 is 4.90 Å². The molecule has 1 aromatic rings. The predicted octanol–water partition coefficient (Wildman–Crippen LogP) is 2.29. The maximum atomic E-state index is 4.53. The van der Waals surface area contributed by atoms with Crippen molar-refractivity contribution < 1.29 is 0 Å². The number of hydrogen-bond acceptors (Lipinski definition) is 3. The zero-order valence-electron chi connectivity index (χ0n) is 9.91.